The van der Waals surface area contributed by atoms with Crippen LogP contribution in [0.5, 0.6) is 0 Å². The van der Waals surface area contributed by atoms with Crippen molar-refractivity contribution in [3.8, 4) is 0 Å². The lowest BCUT2D eigenvalue weighted by molar-refractivity contribution is 0.495. The predicted octanol–water partition coefficient (Wildman–Crippen LogP) is 4.70. The summed E-state index contributed by atoms with van der Waals surface area (Å²) in [5.41, 5.74) is 6.27. The molecule has 3 rings (SSSR count). The summed E-state index contributed by atoms with van der Waals surface area (Å²) >= 11 is 0. The van der Waals surface area contributed by atoms with Crippen LogP contribution < -0.4 is 0 Å². The van der Waals surface area contributed by atoms with Gasteiger partial charge in [0.2, 0.25) is 0 Å². The van der Waals surface area contributed by atoms with E-state index in [0.29, 0.717) is 0 Å². The molecule has 0 heterocycles. The third-order valence-corrected chi connectivity index (χ3v) is 4.35. The number of hydrogen-bond acceptors (Lipinski definition) is 0. The average Bonchev–Trinajstić information content (AvgIpc) is 2.40. The molecule has 0 heteroatoms. The van der Waals surface area contributed by atoms with Crippen LogP contribution >= 0.6 is 0 Å². The average molecular weight is 236 g/mol. The molecule has 0 bridgehead atoms. The van der Waals surface area contributed by atoms with E-state index in [1.807, 2.05) is 0 Å². The molecule has 92 valence electrons. The van der Waals surface area contributed by atoms with Crippen molar-refractivity contribution in [3.05, 3.63) is 70.8 Å². The second-order valence-corrected chi connectivity index (χ2v) is 5.57. The van der Waals surface area contributed by atoms with Crippen LogP contribution in [0.25, 0.3) is 0 Å². The Morgan fingerprint density at radius 1 is 0.889 bits per heavy atom. The molecule has 0 saturated heterocycles. The zero-order valence-electron chi connectivity index (χ0n) is 11.2. The minimum Gasteiger partial charge on any atom is -0.0653 e. The molecule has 0 aliphatic heterocycles. The van der Waals surface area contributed by atoms with Crippen LogP contribution in [0.4, 0.5) is 0 Å². The highest BCUT2D eigenvalue weighted by atomic mass is 14.4. The molecule has 0 saturated carbocycles. The van der Waals surface area contributed by atoms with Crippen LogP contribution in [0.3, 0.4) is 0 Å². The van der Waals surface area contributed by atoms with Gasteiger partial charge in [0.05, 0.1) is 0 Å². The van der Waals surface area contributed by atoms with Gasteiger partial charge in [-0.05, 0) is 35.1 Å². The Hall–Kier alpha value is -1.56. The molecule has 2 aromatic carbocycles. The van der Waals surface area contributed by atoms with Crippen LogP contribution in [0, 0.1) is 0 Å². The lowest BCUT2D eigenvalue weighted by Crippen LogP contribution is -2.30. The molecular formula is C18H20. The van der Waals surface area contributed by atoms with E-state index in [9.17, 15) is 0 Å². The first kappa shape index (κ1) is 11.5. The third kappa shape index (κ3) is 1.59. The Kier molecular flexibility index (Phi) is 2.74. The summed E-state index contributed by atoms with van der Waals surface area (Å²) in [5.74, 6) is 0. The van der Waals surface area contributed by atoms with Gasteiger partial charge >= 0.3 is 0 Å². The highest BCUT2D eigenvalue weighted by Crippen LogP contribution is 2.44. The molecule has 1 aliphatic rings. The summed E-state index contributed by atoms with van der Waals surface area (Å²) in [6, 6.07) is 17.9. The normalized spacial score (nSPS) is 15.9. The molecule has 0 unspecified atom stereocenters. The highest BCUT2D eigenvalue weighted by Gasteiger charge is 2.34. The zero-order valence-corrected chi connectivity index (χ0v) is 11.2. The maximum absolute atomic E-state index is 2.41. The summed E-state index contributed by atoms with van der Waals surface area (Å²) in [6.07, 6.45) is 3.53. The maximum Gasteiger partial charge on any atom is 0.0180 e. The minimum absolute atomic E-state index is 0.195. The summed E-state index contributed by atoms with van der Waals surface area (Å²) in [4.78, 5) is 0. The minimum atomic E-state index is 0.195. The van der Waals surface area contributed by atoms with Crippen molar-refractivity contribution in [1.82, 2.24) is 0 Å². The van der Waals surface area contributed by atoms with Crippen LogP contribution in [0.1, 0.15) is 48.9 Å². The molecule has 0 amide bonds. The topological polar surface area (TPSA) is 0 Å². The molecule has 0 radical (unpaired) electrons. The fraction of sp³-hybridized carbons (Fsp3) is 0.333. The quantitative estimate of drug-likeness (QED) is 0.709. The van der Waals surface area contributed by atoms with E-state index in [2.05, 4.69) is 62.4 Å². The summed E-state index contributed by atoms with van der Waals surface area (Å²) < 4.78 is 0. The molecular weight excluding hydrogens is 216 g/mol. The van der Waals surface area contributed by atoms with Gasteiger partial charge in [-0.15, -0.1) is 0 Å². The van der Waals surface area contributed by atoms with Gasteiger partial charge < -0.3 is 0 Å². The third-order valence-electron chi connectivity index (χ3n) is 4.35. The molecule has 1 aliphatic carbocycles. The number of rotatable bonds is 2. The molecule has 2 aromatic rings. The van der Waals surface area contributed by atoms with E-state index in [-0.39, 0.29) is 5.41 Å². The van der Waals surface area contributed by atoms with E-state index in [1.165, 1.54) is 35.1 Å². The summed E-state index contributed by atoms with van der Waals surface area (Å²) in [7, 11) is 0. The van der Waals surface area contributed by atoms with Crippen LogP contribution in [0.2, 0.25) is 0 Å². The molecule has 0 fully saturated rings. The van der Waals surface area contributed by atoms with Crippen LogP contribution in [0.15, 0.2) is 48.5 Å². The largest absolute Gasteiger partial charge is 0.0653 e. The first-order valence-electron chi connectivity index (χ1n) is 6.92. The lowest BCUT2D eigenvalue weighted by Gasteiger charge is -2.38. The molecule has 0 nitrogen and oxygen atoms in total. The first-order chi connectivity index (χ1) is 8.75. The van der Waals surface area contributed by atoms with Crippen molar-refractivity contribution in [2.75, 3.05) is 0 Å². The Balaban J connectivity index is 2.24. The van der Waals surface area contributed by atoms with Gasteiger partial charge in [-0.25, -0.2) is 0 Å². The molecule has 18 heavy (non-hydrogen) atoms. The predicted molar refractivity (Wildman–Crippen MR) is 77.1 cm³/mol. The Morgan fingerprint density at radius 2 is 1.39 bits per heavy atom. The number of hydrogen-bond donors (Lipinski definition) is 0. The lowest BCUT2D eigenvalue weighted by atomic mass is 9.66. The van der Waals surface area contributed by atoms with Gasteiger partial charge in [-0.3, -0.25) is 0 Å². The van der Waals surface area contributed by atoms with E-state index < -0.39 is 0 Å². The van der Waals surface area contributed by atoms with E-state index in [1.54, 1.807) is 0 Å². The van der Waals surface area contributed by atoms with Gasteiger partial charge in [-0.2, -0.15) is 0 Å². The van der Waals surface area contributed by atoms with Crippen LogP contribution in [-0.2, 0) is 11.8 Å². The van der Waals surface area contributed by atoms with Crippen molar-refractivity contribution in [1.29, 1.82) is 0 Å². The molecule has 0 atom stereocenters. The van der Waals surface area contributed by atoms with E-state index in [4.69, 9.17) is 0 Å². The van der Waals surface area contributed by atoms with Gasteiger partial charge in [0.1, 0.15) is 0 Å². The van der Waals surface area contributed by atoms with Crippen molar-refractivity contribution in [2.45, 2.75) is 38.5 Å². The van der Waals surface area contributed by atoms with Gasteiger partial charge in [0, 0.05) is 5.41 Å². The van der Waals surface area contributed by atoms with Crippen molar-refractivity contribution >= 4 is 0 Å². The Labute approximate surface area is 110 Å². The maximum atomic E-state index is 2.41. The van der Waals surface area contributed by atoms with Crippen molar-refractivity contribution in [2.24, 2.45) is 0 Å². The van der Waals surface area contributed by atoms with Gasteiger partial charge in [0.25, 0.3) is 0 Å². The van der Waals surface area contributed by atoms with Crippen LogP contribution in [-0.4, -0.2) is 0 Å². The first-order valence-corrected chi connectivity index (χ1v) is 6.92. The summed E-state index contributed by atoms with van der Waals surface area (Å²) in [6.45, 7) is 4.69. The summed E-state index contributed by atoms with van der Waals surface area (Å²) in [5, 5.41) is 0. The smallest absolute Gasteiger partial charge is 0.0180 e. The monoisotopic (exact) mass is 236 g/mol. The molecule has 0 spiro atoms. The van der Waals surface area contributed by atoms with E-state index in [0.717, 1.165) is 6.42 Å². The fourth-order valence-corrected chi connectivity index (χ4v) is 3.55. The van der Waals surface area contributed by atoms with Gasteiger partial charge in [0.15, 0.2) is 0 Å². The zero-order chi connectivity index (χ0) is 12.6. The molecule has 0 aromatic heterocycles. The van der Waals surface area contributed by atoms with Crippen molar-refractivity contribution in [3.63, 3.8) is 0 Å². The second-order valence-electron chi connectivity index (χ2n) is 5.57. The molecule has 0 N–H and O–H groups in total. The fourth-order valence-electron chi connectivity index (χ4n) is 3.55. The van der Waals surface area contributed by atoms with Gasteiger partial charge in [-0.1, -0.05) is 68.8 Å². The SMILES string of the molecule is CCCC1(C)c2ccccc2Cc2ccccc21. The Bertz CT molecular complexity index is 520. The van der Waals surface area contributed by atoms with Crippen molar-refractivity contribution < 1.29 is 0 Å². The second kappa shape index (κ2) is 4.28. The standard InChI is InChI=1S/C18H20/c1-3-12-18(2)16-10-6-4-8-14(16)13-15-9-5-7-11-17(15)18/h4-11H,3,12-13H2,1-2H3. The Morgan fingerprint density at radius 3 is 1.89 bits per heavy atom. The van der Waals surface area contributed by atoms with E-state index >= 15 is 0 Å². The number of fused-ring (bicyclic) bond motifs is 2. The highest BCUT2D eigenvalue weighted by molar-refractivity contribution is 5.52. The number of benzene rings is 2.